The SMILES string of the molecule is CCCC(CNC(=O)CC1(NC(=O)OCC2c3ccccc3-c3ccccc32)CC1)C(=O)O. The molecule has 4 rings (SSSR count). The average molecular weight is 451 g/mol. The lowest BCUT2D eigenvalue weighted by molar-refractivity contribution is -0.141. The molecule has 1 atom stereocenters. The van der Waals surface area contributed by atoms with Crippen molar-refractivity contribution in [2.75, 3.05) is 13.2 Å². The Labute approximate surface area is 193 Å². The molecule has 2 aromatic carbocycles. The number of rotatable bonds is 10. The molecule has 1 fully saturated rings. The molecular weight excluding hydrogens is 420 g/mol. The number of ether oxygens (including phenoxy) is 1. The first-order chi connectivity index (χ1) is 15.9. The fourth-order valence-electron chi connectivity index (χ4n) is 4.62. The van der Waals surface area contributed by atoms with E-state index >= 15 is 0 Å². The second-order valence-corrected chi connectivity index (χ2v) is 9.04. The van der Waals surface area contributed by atoms with Gasteiger partial charge in [0.1, 0.15) is 6.61 Å². The molecule has 3 N–H and O–H groups in total. The van der Waals surface area contributed by atoms with Crippen molar-refractivity contribution < 1.29 is 24.2 Å². The van der Waals surface area contributed by atoms with E-state index < -0.39 is 23.5 Å². The van der Waals surface area contributed by atoms with Crippen molar-refractivity contribution >= 4 is 18.0 Å². The van der Waals surface area contributed by atoms with Crippen molar-refractivity contribution in [3.8, 4) is 11.1 Å². The minimum absolute atomic E-state index is 0.0203. The summed E-state index contributed by atoms with van der Waals surface area (Å²) in [7, 11) is 0. The number of hydrogen-bond donors (Lipinski definition) is 3. The van der Waals surface area contributed by atoms with Crippen LogP contribution in [0.3, 0.4) is 0 Å². The van der Waals surface area contributed by atoms with Gasteiger partial charge in [0.2, 0.25) is 5.91 Å². The van der Waals surface area contributed by atoms with Gasteiger partial charge in [-0.2, -0.15) is 0 Å². The predicted molar refractivity (Wildman–Crippen MR) is 124 cm³/mol. The highest BCUT2D eigenvalue weighted by molar-refractivity contribution is 5.81. The molecule has 1 unspecified atom stereocenters. The lowest BCUT2D eigenvalue weighted by Gasteiger charge is -2.19. The van der Waals surface area contributed by atoms with E-state index in [1.165, 1.54) is 11.1 Å². The van der Waals surface area contributed by atoms with Crippen LogP contribution < -0.4 is 10.6 Å². The maximum Gasteiger partial charge on any atom is 0.407 e. The number of alkyl carbamates (subject to hydrolysis) is 1. The van der Waals surface area contributed by atoms with Gasteiger partial charge in [-0.25, -0.2) is 4.79 Å². The topological polar surface area (TPSA) is 105 Å². The first-order valence-electron chi connectivity index (χ1n) is 11.5. The van der Waals surface area contributed by atoms with Gasteiger partial charge in [0.25, 0.3) is 0 Å². The number of benzene rings is 2. The van der Waals surface area contributed by atoms with Crippen molar-refractivity contribution in [3.05, 3.63) is 59.7 Å². The zero-order valence-electron chi connectivity index (χ0n) is 18.8. The summed E-state index contributed by atoms with van der Waals surface area (Å²) in [6.07, 6.45) is 2.23. The van der Waals surface area contributed by atoms with Crippen LogP contribution in [0.1, 0.15) is 56.1 Å². The Morgan fingerprint density at radius 3 is 2.21 bits per heavy atom. The zero-order valence-corrected chi connectivity index (χ0v) is 18.8. The van der Waals surface area contributed by atoms with Gasteiger partial charge in [-0.05, 0) is 41.5 Å². The van der Waals surface area contributed by atoms with Crippen LogP contribution in [0.2, 0.25) is 0 Å². The normalized spacial score (nSPS) is 16.3. The molecule has 2 amide bonds. The van der Waals surface area contributed by atoms with Crippen molar-refractivity contribution in [2.24, 2.45) is 5.92 Å². The third kappa shape index (κ3) is 5.18. The maximum atomic E-state index is 12.6. The average Bonchev–Trinajstić information content (AvgIpc) is 3.47. The predicted octanol–water partition coefficient (Wildman–Crippen LogP) is 4.06. The standard InChI is InChI=1S/C26H30N2O5/c1-2-7-17(24(30)31)15-27-23(29)14-26(12-13-26)28-25(32)33-16-22-20-10-5-3-8-18(20)19-9-4-6-11-21(19)22/h3-6,8-11,17,22H,2,7,12-16H2,1H3,(H,27,29)(H,28,32)(H,30,31). The van der Waals surface area contributed by atoms with Crippen molar-refractivity contribution in [3.63, 3.8) is 0 Å². The lowest BCUT2D eigenvalue weighted by atomic mass is 9.98. The number of fused-ring (bicyclic) bond motifs is 3. The Bertz CT molecular complexity index is 1000. The van der Waals surface area contributed by atoms with Gasteiger partial charge in [0.15, 0.2) is 0 Å². The molecule has 174 valence electrons. The fourth-order valence-corrected chi connectivity index (χ4v) is 4.62. The van der Waals surface area contributed by atoms with E-state index in [0.29, 0.717) is 19.3 Å². The summed E-state index contributed by atoms with van der Waals surface area (Å²) in [6, 6.07) is 16.3. The third-order valence-corrected chi connectivity index (χ3v) is 6.60. The maximum absolute atomic E-state index is 12.6. The van der Waals surface area contributed by atoms with Gasteiger partial charge < -0.3 is 20.5 Å². The largest absolute Gasteiger partial charge is 0.481 e. The van der Waals surface area contributed by atoms with Crippen LogP contribution in [-0.2, 0) is 14.3 Å². The summed E-state index contributed by atoms with van der Waals surface area (Å²) >= 11 is 0. The molecule has 0 heterocycles. The van der Waals surface area contributed by atoms with Gasteiger partial charge in [-0.3, -0.25) is 9.59 Å². The minimum atomic E-state index is -0.907. The molecule has 33 heavy (non-hydrogen) atoms. The summed E-state index contributed by atoms with van der Waals surface area (Å²) in [5, 5.41) is 14.8. The van der Waals surface area contributed by atoms with E-state index in [2.05, 4.69) is 34.9 Å². The van der Waals surface area contributed by atoms with E-state index in [0.717, 1.165) is 17.5 Å². The highest BCUT2D eigenvalue weighted by Gasteiger charge is 2.46. The summed E-state index contributed by atoms with van der Waals surface area (Å²) in [4.78, 5) is 36.2. The molecular formula is C26H30N2O5. The zero-order chi connectivity index (χ0) is 23.4. The van der Waals surface area contributed by atoms with Crippen molar-refractivity contribution in [1.82, 2.24) is 10.6 Å². The number of carboxylic acids is 1. The molecule has 2 aromatic rings. The first-order valence-corrected chi connectivity index (χ1v) is 11.5. The minimum Gasteiger partial charge on any atom is -0.481 e. The molecule has 0 radical (unpaired) electrons. The molecule has 7 nitrogen and oxygen atoms in total. The van der Waals surface area contributed by atoms with Gasteiger partial charge in [0, 0.05) is 18.9 Å². The van der Waals surface area contributed by atoms with Crippen LogP contribution in [0.4, 0.5) is 4.79 Å². The Kier molecular flexibility index (Phi) is 6.67. The smallest absolute Gasteiger partial charge is 0.407 e. The summed E-state index contributed by atoms with van der Waals surface area (Å²) in [6.45, 7) is 2.23. The van der Waals surface area contributed by atoms with Gasteiger partial charge >= 0.3 is 12.1 Å². The molecule has 0 aliphatic heterocycles. The van der Waals surface area contributed by atoms with Crippen LogP contribution in [0.15, 0.2) is 48.5 Å². The number of carboxylic acid groups (broad SMARTS) is 1. The number of aliphatic carboxylic acids is 1. The molecule has 2 aliphatic carbocycles. The first kappa shape index (κ1) is 22.8. The number of hydrogen-bond acceptors (Lipinski definition) is 4. The van der Waals surface area contributed by atoms with E-state index in [1.807, 2.05) is 31.2 Å². The van der Waals surface area contributed by atoms with Crippen LogP contribution in [0.5, 0.6) is 0 Å². The molecule has 1 saturated carbocycles. The highest BCUT2D eigenvalue weighted by atomic mass is 16.5. The third-order valence-electron chi connectivity index (χ3n) is 6.60. The molecule has 0 aromatic heterocycles. The number of nitrogens with one attached hydrogen (secondary N) is 2. The van der Waals surface area contributed by atoms with E-state index in [4.69, 9.17) is 4.74 Å². The molecule has 0 saturated heterocycles. The van der Waals surface area contributed by atoms with Crippen molar-refractivity contribution in [2.45, 2.75) is 50.5 Å². The second kappa shape index (κ2) is 9.65. The lowest BCUT2D eigenvalue weighted by Crippen LogP contribution is -2.42. The van der Waals surface area contributed by atoms with Gasteiger partial charge in [-0.15, -0.1) is 0 Å². The van der Waals surface area contributed by atoms with E-state index in [-0.39, 0.29) is 31.4 Å². The molecule has 0 spiro atoms. The summed E-state index contributed by atoms with van der Waals surface area (Å²) in [5.74, 6) is -1.78. The van der Waals surface area contributed by atoms with Gasteiger partial charge in [-0.1, -0.05) is 61.9 Å². The van der Waals surface area contributed by atoms with Crippen LogP contribution in [-0.4, -0.2) is 41.8 Å². The van der Waals surface area contributed by atoms with E-state index in [1.54, 1.807) is 0 Å². The Morgan fingerprint density at radius 2 is 1.67 bits per heavy atom. The van der Waals surface area contributed by atoms with Gasteiger partial charge in [0.05, 0.1) is 11.5 Å². The van der Waals surface area contributed by atoms with E-state index in [9.17, 15) is 19.5 Å². The van der Waals surface area contributed by atoms with Crippen LogP contribution in [0, 0.1) is 5.92 Å². The quantitative estimate of drug-likeness (QED) is 0.506. The summed E-state index contributed by atoms with van der Waals surface area (Å²) in [5.41, 5.74) is 4.02. The molecule has 2 aliphatic rings. The number of carbonyl (C=O) groups excluding carboxylic acids is 2. The monoisotopic (exact) mass is 450 g/mol. The van der Waals surface area contributed by atoms with Crippen LogP contribution >= 0.6 is 0 Å². The molecule has 0 bridgehead atoms. The van der Waals surface area contributed by atoms with Crippen molar-refractivity contribution in [1.29, 1.82) is 0 Å². The molecule has 7 heteroatoms. The Balaban J connectivity index is 1.30. The Hall–Kier alpha value is -3.35. The van der Waals surface area contributed by atoms with Crippen LogP contribution in [0.25, 0.3) is 11.1 Å². The fraction of sp³-hybridized carbons (Fsp3) is 0.423. The summed E-state index contributed by atoms with van der Waals surface area (Å²) < 4.78 is 5.60. The number of amides is 2. The second-order valence-electron chi connectivity index (χ2n) is 9.04. The Morgan fingerprint density at radius 1 is 1.06 bits per heavy atom. The highest BCUT2D eigenvalue weighted by Crippen LogP contribution is 2.44. The number of carbonyl (C=O) groups is 3.